The molecule has 0 saturated heterocycles. The number of hydrogen-bond acceptors (Lipinski definition) is 3. The maximum Gasteiger partial charge on any atom is 0.188 e. The first-order valence-corrected chi connectivity index (χ1v) is 10.8. The molecule has 28 heavy (non-hydrogen) atoms. The summed E-state index contributed by atoms with van der Waals surface area (Å²) in [6.45, 7) is 13.3. The van der Waals surface area contributed by atoms with Crippen LogP contribution in [0.5, 0.6) is 5.75 Å². The molecule has 152 valence electrons. The summed E-state index contributed by atoms with van der Waals surface area (Å²) in [7, 11) is 2.26. The van der Waals surface area contributed by atoms with Gasteiger partial charge in [-0.1, -0.05) is 64.4 Å². The van der Waals surface area contributed by atoms with Gasteiger partial charge >= 0.3 is 0 Å². The van der Waals surface area contributed by atoms with Gasteiger partial charge < -0.3 is 9.47 Å². The molecule has 0 spiro atoms. The van der Waals surface area contributed by atoms with E-state index in [-0.39, 0.29) is 17.5 Å². The van der Waals surface area contributed by atoms with Gasteiger partial charge in [-0.05, 0) is 51.1 Å². The fourth-order valence-electron chi connectivity index (χ4n) is 2.95. The normalized spacial score (nSPS) is 14.7. The van der Waals surface area contributed by atoms with Crippen LogP contribution < -0.4 is 10.0 Å². The highest BCUT2D eigenvalue weighted by molar-refractivity contribution is 7.48. The van der Waals surface area contributed by atoms with Crippen LogP contribution in [-0.4, -0.2) is 25.7 Å². The molecule has 0 aromatic heterocycles. The second-order valence-electron chi connectivity index (χ2n) is 8.38. The molecule has 0 aliphatic rings. The van der Waals surface area contributed by atoms with Gasteiger partial charge in [-0.3, -0.25) is 4.99 Å². The van der Waals surface area contributed by atoms with Crippen LogP contribution in [0.15, 0.2) is 47.5 Å². The Morgan fingerprint density at radius 1 is 1.07 bits per heavy atom. The van der Waals surface area contributed by atoms with Crippen molar-refractivity contribution in [1.29, 1.82) is 0 Å². The van der Waals surface area contributed by atoms with Crippen LogP contribution in [0.3, 0.4) is 0 Å². The zero-order valence-electron chi connectivity index (χ0n) is 18.3. The summed E-state index contributed by atoms with van der Waals surface area (Å²) in [5.41, 5.74) is 3.60. The largest absolute Gasteiger partial charge is 0.467 e. The topological polar surface area (TPSA) is 30.8 Å². The Balaban J connectivity index is 2.44. The number of aliphatic imine (C=N–C) groups is 1. The van der Waals surface area contributed by atoms with Gasteiger partial charge in [0, 0.05) is 24.0 Å². The molecule has 0 aliphatic carbocycles. The van der Waals surface area contributed by atoms with Gasteiger partial charge in [-0.15, -0.1) is 0 Å². The standard InChI is InChI=1S/C24H34NO2P/c1-8-24(6,20-15-18(2)13-14-21(20)27-17-26-7)28-22-12-10-9-11-19(22)16-25-23(3,4)5/h9-16,28H,8,17H2,1-7H3. The third kappa shape index (κ3) is 6.15. The second kappa shape index (κ2) is 9.67. The van der Waals surface area contributed by atoms with Crippen LogP contribution in [-0.2, 0) is 9.89 Å². The van der Waals surface area contributed by atoms with Crippen molar-refractivity contribution >= 4 is 20.1 Å². The number of aryl methyl sites for hydroxylation is 1. The highest BCUT2D eigenvalue weighted by Crippen LogP contribution is 2.47. The van der Waals surface area contributed by atoms with Gasteiger partial charge in [0.2, 0.25) is 0 Å². The monoisotopic (exact) mass is 399 g/mol. The van der Waals surface area contributed by atoms with E-state index in [1.807, 2.05) is 6.21 Å². The Morgan fingerprint density at radius 2 is 1.79 bits per heavy atom. The summed E-state index contributed by atoms with van der Waals surface area (Å²) >= 11 is 0. The molecule has 0 amide bonds. The minimum Gasteiger partial charge on any atom is -0.467 e. The molecule has 0 N–H and O–H groups in total. The quantitative estimate of drug-likeness (QED) is 0.318. The molecule has 0 fully saturated rings. The minimum absolute atomic E-state index is 0.0270. The fourth-order valence-corrected chi connectivity index (χ4v) is 4.53. The summed E-state index contributed by atoms with van der Waals surface area (Å²) in [5, 5.41) is 1.31. The van der Waals surface area contributed by atoms with E-state index < -0.39 is 0 Å². The summed E-state index contributed by atoms with van der Waals surface area (Å²) < 4.78 is 11.0. The molecular weight excluding hydrogens is 365 g/mol. The van der Waals surface area contributed by atoms with Crippen LogP contribution in [0.1, 0.15) is 57.7 Å². The van der Waals surface area contributed by atoms with Gasteiger partial charge in [0.1, 0.15) is 5.75 Å². The van der Waals surface area contributed by atoms with Crippen molar-refractivity contribution in [3.8, 4) is 5.75 Å². The Labute approximate surface area is 172 Å². The van der Waals surface area contributed by atoms with Crippen molar-refractivity contribution in [3.05, 3.63) is 59.2 Å². The fraction of sp³-hybridized carbons (Fsp3) is 0.458. The van der Waals surface area contributed by atoms with Gasteiger partial charge in [-0.2, -0.15) is 0 Å². The molecule has 0 radical (unpaired) electrons. The average Bonchev–Trinajstić information content (AvgIpc) is 2.65. The summed E-state index contributed by atoms with van der Waals surface area (Å²) in [5.74, 6) is 0.908. The van der Waals surface area contributed by atoms with Crippen LogP contribution in [0, 0.1) is 6.92 Å². The highest BCUT2D eigenvalue weighted by Gasteiger charge is 2.29. The lowest BCUT2D eigenvalue weighted by molar-refractivity contribution is 0.0500. The maximum absolute atomic E-state index is 5.91. The number of hydrogen-bond donors (Lipinski definition) is 0. The number of ether oxygens (including phenoxy) is 2. The zero-order valence-corrected chi connectivity index (χ0v) is 19.3. The minimum atomic E-state index is -0.0814. The molecule has 2 unspecified atom stereocenters. The highest BCUT2D eigenvalue weighted by atomic mass is 31.1. The summed E-state index contributed by atoms with van der Waals surface area (Å²) in [6.07, 6.45) is 3.04. The van der Waals surface area contributed by atoms with E-state index in [2.05, 4.69) is 84.0 Å². The molecule has 2 atom stereocenters. The van der Waals surface area contributed by atoms with E-state index in [4.69, 9.17) is 14.5 Å². The van der Waals surface area contributed by atoms with E-state index in [1.165, 1.54) is 22.0 Å². The number of benzene rings is 2. The van der Waals surface area contributed by atoms with E-state index >= 15 is 0 Å². The number of rotatable bonds is 8. The van der Waals surface area contributed by atoms with Crippen LogP contribution in [0.25, 0.3) is 0 Å². The van der Waals surface area contributed by atoms with Crippen molar-refractivity contribution in [2.45, 2.75) is 58.7 Å². The Morgan fingerprint density at radius 3 is 2.43 bits per heavy atom. The first kappa shape index (κ1) is 22.6. The van der Waals surface area contributed by atoms with E-state index in [0.29, 0.717) is 8.58 Å². The van der Waals surface area contributed by atoms with Crippen molar-refractivity contribution in [2.75, 3.05) is 13.9 Å². The van der Waals surface area contributed by atoms with Crippen molar-refractivity contribution in [3.63, 3.8) is 0 Å². The Kier molecular flexibility index (Phi) is 7.80. The average molecular weight is 400 g/mol. The van der Waals surface area contributed by atoms with E-state index in [1.54, 1.807) is 7.11 Å². The third-order valence-electron chi connectivity index (χ3n) is 4.73. The molecule has 4 heteroatoms. The predicted octanol–water partition coefficient (Wildman–Crippen LogP) is 5.82. The molecule has 0 heterocycles. The lowest BCUT2D eigenvalue weighted by Gasteiger charge is -2.32. The molecule has 2 rings (SSSR count). The van der Waals surface area contributed by atoms with Gasteiger partial charge in [0.15, 0.2) is 6.79 Å². The first-order chi connectivity index (χ1) is 13.2. The second-order valence-corrected chi connectivity index (χ2v) is 10.3. The summed E-state index contributed by atoms with van der Waals surface area (Å²) in [4.78, 5) is 4.73. The molecule has 0 aliphatic heterocycles. The SMILES string of the molecule is CCC(C)(Pc1ccccc1C=NC(C)(C)C)c1cc(C)ccc1OCOC. The van der Waals surface area contributed by atoms with Gasteiger partial charge in [0.05, 0.1) is 5.54 Å². The lowest BCUT2D eigenvalue weighted by atomic mass is 9.95. The lowest BCUT2D eigenvalue weighted by Crippen LogP contribution is -2.22. The van der Waals surface area contributed by atoms with Crippen LogP contribution in [0.4, 0.5) is 0 Å². The predicted molar refractivity (Wildman–Crippen MR) is 123 cm³/mol. The third-order valence-corrected chi connectivity index (χ3v) is 6.63. The molecule has 2 aromatic rings. The molecule has 0 saturated carbocycles. The molecule has 3 nitrogen and oxygen atoms in total. The van der Waals surface area contributed by atoms with Gasteiger partial charge in [-0.25, -0.2) is 0 Å². The smallest absolute Gasteiger partial charge is 0.188 e. The van der Waals surface area contributed by atoms with E-state index in [9.17, 15) is 0 Å². The van der Waals surface area contributed by atoms with Crippen LogP contribution >= 0.6 is 8.58 Å². The van der Waals surface area contributed by atoms with Crippen molar-refractivity contribution < 1.29 is 9.47 Å². The Hall–Kier alpha value is -1.70. The molecule has 2 aromatic carbocycles. The number of nitrogens with zero attached hydrogens (tertiary/aromatic N) is 1. The van der Waals surface area contributed by atoms with Crippen molar-refractivity contribution in [2.24, 2.45) is 4.99 Å². The zero-order chi connectivity index (χ0) is 20.8. The van der Waals surface area contributed by atoms with Gasteiger partial charge in [0.25, 0.3) is 0 Å². The number of methoxy groups -OCH3 is 1. The molecule has 0 bridgehead atoms. The van der Waals surface area contributed by atoms with Crippen molar-refractivity contribution in [1.82, 2.24) is 0 Å². The summed E-state index contributed by atoms with van der Waals surface area (Å²) in [6, 6.07) is 15.0. The molecular formula is C24H34NO2P. The Bertz CT molecular complexity index is 810. The maximum atomic E-state index is 5.91. The first-order valence-electron chi connectivity index (χ1n) is 9.84. The van der Waals surface area contributed by atoms with E-state index in [0.717, 1.165) is 12.2 Å². The van der Waals surface area contributed by atoms with Crippen LogP contribution in [0.2, 0.25) is 0 Å².